The molecule has 202 valence electrons. The first kappa shape index (κ1) is 25.4. The van der Waals surface area contributed by atoms with Gasteiger partial charge in [0.2, 0.25) is 5.91 Å². The molecule has 39 heavy (non-hydrogen) atoms. The van der Waals surface area contributed by atoms with E-state index in [0.29, 0.717) is 27.7 Å². The molecule has 4 aromatic rings. The lowest BCUT2D eigenvalue weighted by Crippen LogP contribution is -2.38. The van der Waals surface area contributed by atoms with E-state index in [0.717, 1.165) is 50.5 Å². The third kappa shape index (κ3) is 4.97. The number of hydrogen-bond donors (Lipinski definition) is 2. The van der Waals surface area contributed by atoms with Gasteiger partial charge in [-0.2, -0.15) is 5.10 Å². The van der Waals surface area contributed by atoms with Gasteiger partial charge in [-0.1, -0.05) is 6.92 Å². The second-order valence-corrected chi connectivity index (χ2v) is 10.5. The Morgan fingerprint density at radius 3 is 2.79 bits per heavy atom. The molecule has 6 rings (SSSR count). The minimum absolute atomic E-state index is 0.0256. The summed E-state index contributed by atoms with van der Waals surface area (Å²) in [5, 5.41) is 8.69. The summed E-state index contributed by atoms with van der Waals surface area (Å²) in [5.41, 5.74) is 9.18. The molecule has 3 N–H and O–H groups in total. The third-order valence-electron chi connectivity index (χ3n) is 8.05. The Kier molecular flexibility index (Phi) is 6.74. The number of benzene rings is 1. The van der Waals surface area contributed by atoms with Crippen LogP contribution < -0.4 is 11.1 Å². The SMILES string of the molecule is Cc1ccncc1-c1cc2cc(NC(=O)[C@@H]3[C@H](C)[C@H]3c3cnn(CCN4CCOCC4)c3)ncc2c(N)c1F. The van der Waals surface area contributed by atoms with Gasteiger partial charge in [-0.25, -0.2) is 9.37 Å². The van der Waals surface area contributed by atoms with Crippen LogP contribution in [0, 0.1) is 24.6 Å². The maximum absolute atomic E-state index is 15.1. The highest BCUT2D eigenvalue weighted by atomic mass is 19.1. The molecule has 1 aliphatic heterocycles. The van der Waals surface area contributed by atoms with Crippen LogP contribution in [-0.4, -0.2) is 63.4 Å². The van der Waals surface area contributed by atoms with Crippen LogP contribution in [0.2, 0.25) is 0 Å². The van der Waals surface area contributed by atoms with E-state index in [1.165, 1.54) is 6.20 Å². The first-order valence-electron chi connectivity index (χ1n) is 13.3. The molecule has 3 atom stereocenters. The number of nitrogens with one attached hydrogen (secondary N) is 1. The first-order valence-corrected chi connectivity index (χ1v) is 13.3. The predicted molar refractivity (Wildman–Crippen MR) is 148 cm³/mol. The highest BCUT2D eigenvalue weighted by Crippen LogP contribution is 2.54. The number of ether oxygens (including phenoxy) is 1. The molecule has 1 saturated carbocycles. The molecular formula is C29H32FN7O2. The first-order chi connectivity index (χ1) is 18.9. The molecule has 9 nitrogen and oxygen atoms in total. The number of aryl methyl sites for hydroxylation is 1. The van der Waals surface area contributed by atoms with Crippen molar-refractivity contribution >= 4 is 28.2 Å². The molecule has 1 aromatic carbocycles. The van der Waals surface area contributed by atoms with Gasteiger partial charge in [0.25, 0.3) is 0 Å². The van der Waals surface area contributed by atoms with Crippen LogP contribution in [0.4, 0.5) is 15.9 Å². The van der Waals surface area contributed by atoms with Crippen molar-refractivity contribution in [1.82, 2.24) is 24.6 Å². The highest BCUT2D eigenvalue weighted by Gasteiger charge is 2.53. The Labute approximate surface area is 226 Å². The quantitative estimate of drug-likeness (QED) is 0.350. The molecule has 0 radical (unpaired) electrons. The molecule has 1 saturated heterocycles. The molecule has 10 heteroatoms. The number of rotatable bonds is 7. The van der Waals surface area contributed by atoms with E-state index in [9.17, 15) is 4.79 Å². The minimum atomic E-state index is -0.502. The number of morpholine rings is 1. The number of nitrogens with zero attached hydrogens (tertiary/aromatic N) is 5. The second kappa shape index (κ2) is 10.3. The molecule has 3 aromatic heterocycles. The highest BCUT2D eigenvalue weighted by molar-refractivity contribution is 6.00. The molecule has 1 amide bonds. The summed E-state index contributed by atoms with van der Waals surface area (Å²) < 4.78 is 22.5. The number of amides is 1. The number of nitrogen functional groups attached to an aromatic ring is 1. The van der Waals surface area contributed by atoms with Gasteiger partial charge in [-0.05, 0) is 47.6 Å². The molecule has 0 unspecified atom stereocenters. The normalized spacial score (nSPS) is 21.3. The molecule has 4 heterocycles. The van der Waals surface area contributed by atoms with Crippen molar-refractivity contribution in [2.24, 2.45) is 11.8 Å². The van der Waals surface area contributed by atoms with Gasteiger partial charge >= 0.3 is 0 Å². The van der Waals surface area contributed by atoms with Gasteiger partial charge in [0, 0.05) is 72.8 Å². The summed E-state index contributed by atoms with van der Waals surface area (Å²) in [7, 11) is 0. The Balaban J connectivity index is 1.16. The van der Waals surface area contributed by atoms with Crippen molar-refractivity contribution in [1.29, 1.82) is 0 Å². The zero-order valence-electron chi connectivity index (χ0n) is 22.1. The smallest absolute Gasteiger partial charge is 0.229 e. The number of aromatic nitrogens is 4. The molecule has 1 aliphatic carbocycles. The number of hydrogen-bond acceptors (Lipinski definition) is 7. The van der Waals surface area contributed by atoms with Crippen molar-refractivity contribution in [2.75, 3.05) is 43.9 Å². The van der Waals surface area contributed by atoms with Crippen LogP contribution in [0.25, 0.3) is 21.9 Å². The fourth-order valence-electron chi connectivity index (χ4n) is 5.64. The summed E-state index contributed by atoms with van der Waals surface area (Å²) in [6.45, 7) is 9.18. The van der Waals surface area contributed by atoms with Gasteiger partial charge in [0.05, 0.1) is 31.6 Å². The summed E-state index contributed by atoms with van der Waals surface area (Å²) in [6, 6.07) is 5.30. The molecule has 0 spiro atoms. The summed E-state index contributed by atoms with van der Waals surface area (Å²) in [5.74, 6) is -0.0198. The molecule has 2 aliphatic rings. The maximum atomic E-state index is 15.1. The standard InChI is InChI=1S/C29H32FN7O2/c1-17-3-4-32-14-22(17)21-11-19-12-24(33-15-23(19)28(31)27(21)30)35-29(38)26-18(2)25(26)20-13-34-37(16-20)6-5-36-7-9-39-10-8-36/h3-4,11-16,18,25-26H,5-10,31H2,1-2H3,(H,33,35,38)/t18-,25+,26-/m1/s1. The minimum Gasteiger partial charge on any atom is -0.396 e. The number of carbonyl (C=O) groups is 1. The lowest BCUT2D eigenvalue weighted by Gasteiger charge is -2.26. The maximum Gasteiger partial charge on any atom is 0.229 e. The van der Waals surface area contributed by atoms with Gasteiger partial charge < -0.3 is 15.8 Å². The zero-order valence-corrected chi connectivity index (χ0v) is 22.1. The average molecular weight is 530 g/mol. The van der Waals surface area contributed by atoms with Gasteiger partial charge in [-0.15, -0.1) is 0 Å². The van der Waals surface area contributed by atoms with Gasteiger partial charge in [-0.3, -0.25) is 19.4 Å². The Morgan fingerprint density at radius 2 is 2.00 bits per heavy atom. The van der Waals surface area contributed by atoms with Crippen LogP contribution in [0.3, 0.4) is 0 Å². The number of carbonyl (C=O) groups excluding carboxylic acids is 1. The van der Waals surface area contributed by atoms with E-state index in [2.05, 4.69) is 38.4 Å². The largest absolute Gasteiger partial charge is 0.396 e. The number of anilines is 2. The third-order valence-corrected chi connectivity index (χ3v) is 8.05. The van der Waals surface area contributed by atoms with Crippen LogP contribution in [-0.2, 0) is 16.1 Å². The predicted octanol–water partition coefficient (Wildman–Crippen LogP) is 3.84. The van der Waals surface area contributed by atoms with E-state index in [1.54, 1.807) is 24.5 Å². The van der Waals surface area contributed by atoms with Crippen LogP contribution in [0.1, 0.15) is 24.0 Å². The second-order valence-electron chi connectivity index (χ2n) is 10.5. The summed E-state index contributed by atoms with van der Waals surface area (Å²) in [6.07, 6.45) is 8.74. The molecule has 2 fully saturated rings. The lowest BCUT2D eigenvalue weighted by atomic mass is 9.98. The van der Waals surface area contributed by atoms with Crippen LogP contribution in [0.15, 0.2) is 49.2 Å². The molecular weight excluding hydrogens is 497 g/mol. The van der Waals surface area contributed by atoms with E-state index in [-0.39, 0.29) is 29.3 Å². The van der Waals surface area contributed by atoms with Crippen LogP contribution >= 0.6 is 0 Å². The van der Waals surface area contributed by atoms with Gasteiger partial charge in [0.1, 0.15) is 5.82 Å². The summed E-state index contributed by atoms with van der Waals surface area (Å²) in [4.78, 5) is 24.1. The zero-order chi connectivity index (χ0) is 27.1. The molecule has 0 bridgehead atoms. The lowest BCUT2D eigenvalue weighted by molar-refractivity contribution is -0.117. The Hall–Kier alpha value is -3.89. The topological polar surface area (TPSA) is 111 Å². The fraction of sp³-hybridized carbons (Fsp3) is 0.379. The van der Waals surface area contributed by atoms with Gasteiger partial charge in [0.15, 0.2) is 5.82 Å². The van der Waals surface area contributed by atoms with E-state index < -0.39 is 5.82 Å². The van der Waals surface area contributed by atoms with Crippen LogP contribution in [0.5, 0.6) is 0 Å². The fourth-order valence-corrected chi connectivity index (χ4v) is 5.64. The van der Waals surface area contributed by atoms with Crippen molar-refractivity contribution in [3.63, 3.8) is 0 Å². The number of pyridine rings is 2. The van der Waals surface area contributed by atoms with Crippen molar-refractivity contribution in [2.45, 2.75) is 26.3 Å². The Morgan fingerprint density at radius 1 is 1.18 bits per heavy atom. The van der Waals surface area contributed by atoms with Crippen molar-refractivity contribution in [3.05, 3.63) is 66.1 Å². The number of nitrogens with two attached hydrogens (primary N) is 1. The van der Waals surface area contributed by atoms with Crippen molar-refractivity contribution in [3.8, 4) is 11.1 Å². The summed E-state index contributed by atoms with van der Waals surface area (Å²) >= 11 is 0. The number of halogens is 1. The van der Waals surface area contributed by atoms with E-state index >= 15 is 4.39 Å². The Bertz CT molecular complexity index is 1530. The van der Waals surface area contributed by atoms with E-state index in [1.807, 2.05) is 23.9 Å². The number of fused-ring (bicyclic) bond motifs is 1. The average Bonchev–Trinajstić information content (AvgIpc) is 3.39. The van der Waals surface area contributed by atoms with E-state index in [4.69, 9.17) is 10.5 Å². The monoisotopic (exact) mass is 529 g/mol. The van der Waals surface area contributed by atoms with Crippen molar-refractivity contribution < 1.29 is 13.9 Å².